The number of likely N-dealkylation sites (tertiary alicyclic amines) is 1. The Morgan fingerprint density at radius 1 is 1.20 bits per heavy atom. The van der Waals surface area contributed by atoms with E-state index in [9.17, 15) is 9.18 Å². The Balaban J connectivity index is 0.000000171. The molecule has 0 atom stereocenters. The average Bonchev–Trinajstić information content (AvgIpc) is 3.41. The molecule has 2 N–H and O–H groups in total. The zero-order chi connectivity index (χ0) is 21.3. The highest BCUT2D eigenvalue weighted by atomic mass is 32.1. The van der Waals surface area contributed by atoms with Gasteiger partial charge in [-0.25, -0.2) is 9.37 Å². The van der Waals surface area contributed by atoms with Gasteiger partial charge in [-0.15, -0.1) is 11.3 Å². The Morgan fingerprint density at radius 3 is 2.57 bits per heavy atom. The molecule has 30 heavy (non-hydrogen) atoms. The van der Waals surface area contributed by atoms with Gasteiger partial charge in [-0.05, 0) is 57.1 Å². The summed E-state index contributed by atoms with van der Waals surface area (Å²) in [6.45, 7) is 6.46. The molecule has 0 unspecified atom stereocenters. The van der Waals surface area contributed by atoms with Crippen molar-refractivity contribution in [1.82, 2.24) is 9.88 Å². The van der Waals surface area contributed by atoms with Gasteiger partial charge in [0.15, 0.2) is 0 Å². The molecule has 5 nitrogen and oxygen atoms in total. The third kappa shape index (κ3) is 6.37. The van der Waals surface area contributed by atoms with Crippen LogP contribution in [0.25, 0.3) is 0 Å². The Hall–Kier alpha value is -2.77. The molecule has 158 valence electrons. The quantitative estimate of drug-likeness (QED) is 0.584. The number of nitrogen functional groups attached to an aromatic ring is 1. The van der Waals surface area contributed by atoms with E-state index in [2.05, 4.69) is 28.9 Å². The molecule has 1 fully saturated rings. The summed E-state index contributed by atoms with van der Waals surface area (Å²) in [4.78, 5) is 18.4. The average molecular weight is 428 g/mol. The lowest BCUT2D eigenvalue weighted by Gasteiger charge is -2.14. The van der Waals surface area contributed by atoms with Gasteiger partial charge in [-0.1, -0.05) is 29.8 Å². The number of nitrogens with two attached hydrogens (primary N) is 1. The molecule has 1 aromatic heterocycles. The molecule has 0 spiro atoms. The SMILES string of the molecule is Cc1ccc(OCCN2CCCC2)cc1.Nc1ncsc1C(=O)c1cccc(F)c1. The van der Waals surface area contributed by atoms with E-state index in [1.165, 1.54) is 55.2 Å². The predicted molar refractivity (Wildman–Crippen MR) is 119 cm³/mol. The first-order chi connectivity index (χ1) is 14.5. The monoisotopic (exact) mass is 427 g/mol. The number of carbonyl (C=O) groups is 1. The van der Waals surface area contributed by atoms with Gasteiger partial charge >= 0.3 is 0 Å². The normalized spacial score (nSPS) is 13.5. The minimum Gasteiger partial charge on any atom is -0.492 e. The van der Waals surface area contributed by atoms with Gasteiger partial charge in [0.25, 0.3) is 0 Å². The van der Waals surface area contributed by atoms with E-state index >= 15 is 0 Å². The maximum Gasteiger partial charge on any atom is 0.206 e. The molecule has 0 radical (unpaired) electrons. The number of rotatable bonds is 6. The second kappa shape index (κ2) is 10.8. The fourth-order valence-electron chi connectivity index (χ4n) is 3.12. The molecule has 0 bridgehead atoms. The van der Waals surface area contributed by atoms with Gasteiger partial charge < -0.3 is 10.5 Å². The van der Waals surface area contributed by atoms with Crippen LogP contribution in [0.5, 0.6) is 5.75 Å². The second-order valence-corrected chi connectivity index (χ2v) is 7.97. The van der Waals surface area contributed by atoms with Gasteiger partial charge in [0.05, 0.1) is 5.51 Å². The summed E-state index contributed by atoms with van der Waals surface area (Å²) in [6, 6.07) is 13.8. The largest absolute Gasteiger partial charge is 0.492 e. The third-order valence-corrected chi connectivity index (χ3v) is 5.62. The van der Waals surface area contributed by atoms with Crippen LogP contribution in [0, 0.1) is 12.7 Å². The first-order valence-corrected chi connectivity index (χ1v) is 10.8. The number of thiazole rings is 1. The maximum absolute atomic E-state index is 12.9. The maximum atomic E-state index is 12.9. The van der Waals surface area contributed by atoms with Gasteiger partial charge in [-0.3, -0.25) is 9.69 Å². The number of anilines is 1. The van der Waals surface area contributed by atoms with Crippen LogP contribution in [-0.2, 0) is 0 Å². The summed E-state index contributed by atoms with van der Waals surface area (Å²) in [6.07, 6.45) is 2.70. The second-order valence-electron chi connectivity index (χ2n) is 7.12. The van der Waals surface area contributed by atoms with Crippen LogP contribution in [0.4, 0.5) is 10.2 Å². The van der Waals surface area contributed by atoms with Crippen LogP contribution in [0.1, 0.15) is 33.6 Å². The van der Waals surface area contributed by atoms with Crippen molar-refractivity contribution in [1.29, 1.82) is 0 Å². The van der Waals surface area contributed by atoms with E-state index in [0.717, 1.165) is 30.2 Å². The molecular formula is C23H26FN3O2S. The first-order valence-electron chi connectivity index (χ1n) is 9.94. The smallest absolute Gasteiger partial charge is 0.206 e. The highest BCUT2D eigenvalue weighted by molar-refractivity contribution is 7.12. The van der Waals surface area contributed by atoms with Crippen molar-refractivity contribution in [2.45, 2.75) is 19.8 Å². The predicted octanol–water partition coefficient (Wildman–Crippen LogP) is 4.57. The lowest BCUT2D eigenvalue weighted by Crippen LogP contribution is -2.25. The van der Waals surface area contributed by atoms with Gasteiger partial charge in [0.1, 0.15) is 28.9 Å². The van der Waals surface area contributed by atoms with Gasteiger partial charge in [-0.2, -0.15) is 0 Å². The topological polar surface area (TPSA) is 68.5 Å². The number of aromatic nitrogens is 1. The van der Waals surface area contributed by atoms with Crippen molar-refractivity contribution in [3.63, 3.8) is 0 Å². The molecule has 0 aliphatic carbocycles. The fourth-order valence-corrected chi connectivity index (χ4v) is 3.79. The highest BCUT2D eigenvalue weighted by Gasteiger charge is 2.15. The van der Waals surface area contributed by atoms with Crippen LogP contribution in [0.3, 0.4) is 0 Å². The number of ether oxygens (including phenoxy) is 1. The Kier molecular flexibility index (Phi) is 7.93. The Labute approximate surface area is 180 Å². The Bertz CT molecular complexity index is 953. The van der Waals surface area contributed by atoms with Crippen molar-refractivity contribution in [3.05, 3.63) is 75.9 Å². The summed E-state index contributed by atoms with van der Waals surface area (Å²) in [5.74, 6) is 0.437. The molecule has 7 heteroatoms. The number of ketones is 1. The molecule has 4 rings (SSSR count). The van der Waals surface area contributed by atoms with Crippen molar-refractivity contribution in [2.75, 3.05) is 32.0 Å². The zero-order valence-corrected chi connectivity index (χ0v) is 17.8. The Morgan fingerprint density at radius 2 is 1.93 bits per heavy atom. The van der Waals surface area contributed by atoms with Crippen molar-refractivity contribution < 1.29 is 13.9 Å². The summed E-state index contributed by atoms with van der Waals surface area (Å²) in [5, 5.41) is 0. The van der Waals surface area contributed by atoms with Crippen LogP contribution in [0.2, 0.25) is 0 Å². The fraction of sp³-hybridized carbons (Fsp3) is 0.304. The van der Waals surface area contributed by atoms with E-state index in [4.69, 9.17) is 10.5 Å². The highest BCUT2D eigenvalue weighted by Crippen LogP contribution is 2.20. The van der Waals surface area contributed by atoms with E-state index in [-0.39, 0.29) is 17.2 Å². The minimum atomic E-state index is -0.441. The number of halogens is 1. The number of aryl methyl sites for hydroxylation is 1. The zero-order valence-electron chi connectivity index (χ0n) is 17.0. The molecule has 2 heterocycles. The van der Waals surface area contributed by atoms with Gasteiger partial charge in [0.2, 0.25) is 5.78 Å². The number of nitrogens with zero attached hydrogens (tertiary/aromatic N) is 2. The molecule has 3 aromatic rings. The number of hydrogen-bond donors (Lipinski definition) is 1. The van der Waals surface area contributed by atoms with Crippen molar-refractivity contribution in [2.24, 2.45) is 0 Å². The van der Waals surface area contributed by atoms with Crippen molar-refractivity contribution in [3.8, 4) is 5.75 Å². The summed E-state index contributed by atoms with van der Waals surface area (Å²) in [7, 11) is 0. The van der Waals surface area contributed by atoms with E-state index in [1.807, 2.05) is 12.1 Å². The molecule has 1 aliphatic rings. The summed E-state index contributed by atoms with van der Waals surface area (Å²) >= 11 is 1.15. The van der Waals surface area contributed by atoms with Crippen LogP contribution in [0.15, 0.2) is 54.0 Å². The lowest BCUT2D eigenvalue weighted by molar-refractivity contribution is 0.104. The van der Waals surface area contributed by atoms with Gasteiger partial charge in [0, 0.05) is 12.1 Å². The number of hydrogen-bond acceptors (Lipinski definition) is 6. The molecular weight excluding hydrogens is 401 g/mol. The summed E-state index contributed by atoms with van der Waals surface area (Å²) < 4.78 is 18.6. The molecule has 0 saturated carbocycles. The van der Waals surface area contributed by atoms with Crippen LogP contribution < -0.4 is 10.5 Å². The standard InChI is InChI=1S/C13H19NO.C10H7FN2OS/c1-12-4-6-13(7-5-12)15-11-10-14-8-2-3-9-14;11-7-3-1-2-6(4-7)8(14)9-10(12)13-5-15-9/h4-7H,2-3,8-11H2,1H3;1-5H,12H2. The molecule has 2 aromatic carbocycles. The number of carbonyl (C=O) groups excluding carboxylic acids is 1. The third-order valence-electron chi connectivity index (χ3n) is 4.78. The molecule has 1 saturated heterocycles. The molecule has 0 amide bonds. The van der Waals surface area contributed by atoms with Crippen LogP contribution >= 0.6 is 11.3 Å². The first kappa shape index (κ1) is 21.9. The summed E-state index contributed by atoms with van der Waals surface area (Å²) in [5.41, 5.74) is 8.55. The number of benzene rings is 2. The molecule has 1 aliphatic heterocycles. The minimum absolute atomic E-state index is 0.189. The van der Waals surface area contributed by atoms with Crippen molar-refractivity contribution >= 4 is 22.9 Å². The van der Waals surface area contributed by atoms with E-state index < -0.39 is 5.82 Å². The lowest BCUT2D eigenvalue weighted by atomic mass is 10.1. The van der Waals surface area contributed by atoms with E-state index in [0.29, 0.717) is 4.88 Å². The van der Waals surface area contributed by atoms with E-state index in [1.54, 1.807) is 6.07 Å². The van der Waals surface area contributed by atoms with Crippen LogP contribution in [-0.4, -0.2) is 41.9 Å².